The van der Waals surface area contributed by atoms with Gasteiger partial charge in [-0.05, 0) is 18.9 Å². The molecule has 1 atom stereocenters. The molecule has 0 unspecified atom stereocenters. The Hall–Kier alpha value is -2.70. The lowest BCUT2D eigenvalue weighted by molar-refractivity contribution is -0.141. The number of aliphatic carboxylic acids is 1. The number of nitrogens with zero attached hydrogens (tertiary/aromatic N) is 2. The molecule has 1 saturated heterocycles. The Labute approximate surface area is 119 Å². The van der Waals surface area contributed by atoms with E-state index in [0.717, 1.165) is 0 Å². The highest BCUT2D eigenvalue weighted by molar-refractivity contribution is 6.05. The number of fused-ring (bicyclic) bond motifs is 1. The fraction of sp³-hybridized carbons (Fsp3) is 0.286. The number of aromatic nitrogens is 2. The predicted molar refractivity (Wildman–Crippen MR) is 74.1 cm³/mol. The number of rotatable bonds is 2. The van der Waals surface area contributed by atoms with Crippen LogP contribution in [0.3, 0.4) is 0 Å². The summed E-state index contributed by atoms with van der Waals surface area (Å²) in [5.74, 6) is -1.48. The van der Waals surface area contributed by atoms with Gasteiger partial charge >= 0.3 is 5.97 Å². The van der Waals surface area contributed by atoms with Gasteiger partial charge in [-0.2, -0.15) is 5.10 Å². The van der Waals surface area contributed by atoms with Gasteiger partial charge in [-0.15, -0.1) is 0 Å². The summed E-state index contributed by atoms with van der Waals surface area (Å²) >= 11 is 0. The SMILES string of the molecule is O=C(O)[C@@H]1CCCN1C(=O)c1n[nH]c(=O)c2ccccc12. The van der Waals surface area contributed by atoms with Crippen molar-refractivity contribution >= 4 is 22.6 Å². The average Bonchev–Trinajstić information content (AvgIpc) is 2.97. The summed E-state index contributed by atoms with van der Waals surface area (Å²) in [4.78, 5) is 36.8. The largest absolute Gasteiger partial charge is 0.480 e. The highest BCUT2D eigenvalue weighted by Gasteiger charge is 2.35. The third-order valence-corrected chi connectivity index (χ3v) is 3.70. The van der Waals surface area contributed by atoms with Crippen LogP contribution in [0.4, 0.5) is 0 Å². The van der Waals surface area contributed by atoms with Gasteiger partial charge in [0.25, 0.3) is 11.5 Å². The lowest BCUT2D eigenvalue weighted by Gasteiger charge is -2.21. The molecule has 1 aliphatic heterocycles. The van der Waals surface area contributed by atoms with Crippen LogP contribution in [0.2, 0.25) is 0 Å². The number of benzene rings is 1. The Morgan fingerprint density at radius 3 is 2.71 bits per heavy atom. The van der Waals surface area contributed by atoms with Crippen molar-refractivity contribution < 1.29 is 14.7 Å². The average molecular weight is 287 g/mol. The van der Waals surface area contributed by atoms with E-state index in [9.17, 15) is 14.4 Å². The number of carbonyl (C=O) groups excluding carboxylic acids is 1. The number of hydrogen-bond donors (Lipinski definition) is 2. The zero-order valence-corrected chi connectivity index (χ0v) is 11.1. The summed E-state index contributed by atoms with van der Waals surface area (Å²) in [5, 5.41) is 16.1. The number of carboxylic acid groups (broad SMARTS) is 1. The molecule has 108 valence electrons. The molecule has 7 heteroatoms. The molecule has 0 bridgehead atoms. The van der Waals surface area contributed by atoms with Crippen LogP contribution in [0.5, 0.6) is 0 Å². The van der Waals surface area contributed by atoms with Crippen molar-refractivity contribution in [2.45, 2.75) is 18.9 Å². The van der Waals surface area contributed by atoms with E-state index in [4.69, 9.17) is 5.11 Å². The van der Waals surface area contributed by atoms with E-state index in [2.05, 4.69) is 10.2 Å². The number of hydrogen-bond acceptors (Lipinski definition) is 4. The highest BCUT2D eigenvalue weighted by atomic mass is 16.4. The summed E-state index contributed by atoms with van der Waals surface area (Å²) in [6.45, 7) is 0.380. The maximum Gasteiger partial charge on any atom is 0.326 e. The Kier molecular flexibility index (Phi) is 3.17. The summed E-state index contributed by atoms with van der Waals surface area (Å²) in [6, 6.07) is 5.81. The van der Waals surface area contributed by atoms with Crippen LogP contribution >= 0.6 is 0 Å². The smallest absolute Gasteiger partial charge is 0.326 e. The summed E-state index contributed by atoms with van der Waals surface area (Å²) < 4.78 is 0. The molecule has 1 fully saturated rings. The van der Waals surface area contributed by atoms with E-state index in [1.807, 2.05) is 0 Å². The Morgan fingerprint density at radius 1 is 1.29 bits per heavy atom. The second-order valence-corrected chi connectivity index (χ2v) is 4.94. The molecular weight excluding hydrogens is 274 g/mol. The highest BCUT2D eigenvalue weighted by Crippen LogP contribution is 2.22. The fourth-order valence-electron chi connectivity index (χ4n) is 2.68. The van der Waals surface area contributed by atoms with Crippen LogP contribution in [0.25, 0.3) is 10.8 Å². The lowest BCUT2D eigenvalue weighted by atomic mass is 10.1. The Morgan fingerprint density at radius 2 is 2.00 bits per heavy atom. The van der Waals surface area contributed by atoms with Gasteiger partial charge in [0.15, 0.2) is 5.69 Å². The van der Waals surface area contributed by atoms with Gasteiger partial charge in [0, 0.05) is 11.9 Å². The van der Waals surface area contributed by atoms with Crippen LogP contribution in [0.15, 0.2) is 29.1 Å². The number of H-pyrrole nitrogens is 1. The minimum atomic E-state index is -1.02. The number of likely N-dealkylation sites (tertiary alicyclic amines) is 1. The van der Waals surface area contributed by atoms with Crippen LogP contribution in [-0.4, -0.2) is 44.7 Å². The molecule has 3 rings (SSSR count). The molecule has 0 aliphatic carbocycles. The first-order chi connectivity index (χ1) is 10.1. The number of aromatic amines is 1. The topological polar surface area (TPSA) is 103 Å². The minimum absolute atomic E-state index is 0.0818. The Bertz CT molecular complexity index is 783. The van der Waals surface area contributed by atoms with Crippen molar-refractivity contribution in [1.29, 1.82) is 0 Å². The number of carboxylic acids is 1. The number of nitrogens with one attached hydrogen (secondary N) is 1. The van der Waals surface area contributed by atoms with Gasteiger partial charge in [-0.25, -0.2) is 9.89 Å². The molecule has 1 aromatic carbocycles. The van der Waals surface area contributed by atoms with Crippen LogP contribution in [0, 0.1) is 0 Å². The van der Waals surface area contributed by atoms with E-state index in [-0.39, 0.29) is 11.3 Å². The zero-order chi connectivity index (χ0) is 15.0. The first kappa shape index (κ1) is 13.3. The van der Waals surface area contributed by atoms with Gasteiger partial charge in [0.1, 0.15) is 6.04 Å². The van der Waals surface area contributed by atoms with E-state index in [0.29, 0.717) is 30.2 Å². The van der Waals surface area contributed by atoms with Crippen molar-refractivity contribution in [3.8, 4) is 0 Å². The molecule has 0 saturated carbocycles. The van der Waals surface area contributed by atoms with Crippen LogP contribution in [0.1, 0.15) is 23.3 Å². The molecule has 1 aliphatic rings. The van der Waals surface area contributed by atoms with E-state index < -0.39 is 17.9 Å². The molecule has 7 nitrogen and oxygen atoms in total. The van der Waals surface area contributed by atoms with Crippen molar-refractivity contribution in [1.82, 2.24) is 15.1 Å². The summed E-state index contributed by atoms with van der Waals surface area (Å²) in [6.07, 6.45) is 1.08. The molecule has 2 aromatic rings. The second-order valence-electron chi connectivity index (χ2n) is 4.94. The molecule has 1 amide bonds. The van der Waals surface area contributed by atoms with Gasteiger partial charge < -0.3 is 10.0 Å². The standard InChI is InChI=1S/C14H13N3O4/c18-12-9-5-2-1-4-8(9)11(15-16-12)13(19)17-7-3-6-10(17)14(20)21/h1-2,4-5,10H,3,6-7H2,(H,16,18)(H,20,21)/t10-/m0/s1. The minimum Gasteiger partial charge on any atom is -0.480 e. The maximum atomic E-state index is 12.6. The quantitative estimate of drug-likeness (QED) is 0.842. The lowest BCUT2D eigenvalue weighted by Crippen LogP contribution is -2.41. The van der Waals surface area contributed by atoms with Crippen molar-refractivity contribution in [3.05, 3.63) is 40.3 Å². The molecule has 1 aromatic heterocycles. The van der Waals surface area contributed by atoms with Gasteiger partial charge in [-0.1, -0.05) is 18.2 Å². The second kappa shape index (κ2) is 5.01. The first-order valence-electron chi connectivity index (χ1n) is 6.61. The van der Waals surface area contributed by atoms with E-state index in [1.54, 1.807) is 24.3 Å². The van der Waals surface area contributed by atoms with Gasteiger partial charge in [0.05, 0.1) is 5.39 Å². The maximum absolute atomic E-state index is 12.6. The van der Waals surface area contributed by atoms with Crippen LogP contribution < -0.4 is 5.56 Å². The van der Waals surface area contributed by atoms with Gasteiger partial charge in [-0.3, -0.25) is 9.59 Å². The Balaban J connectivity index is 2.09. The third-order valence-electron chi connectivity index (χ3n) is 3.70. The zero-order valence-electron chi connectivity index (χ0n) is 11.1. The first-order valence-corrected chi connectivity index (χ1v) is 6.61. The molecular formula is C14H13N3O4. The molecule has 0 spiro atoms. The molecule has 0 radical (unpaired) electrons. The molecule has 2 heterocycles. The van der Waals surface area contributed by atoms with Crippen molar-refractivity contribution in [2.75, 3.05) is 6.54 Å². The summed E-state index contributed by atoms with van der Waals surface area (Å²) in [7, 11) is 0. The normalized spacial score (nSPS) is 18.1. The third kappa shape index (κ3) is 2.16. The van der Waals surface area contributed by atoms with E-state index >= 15 is 0 Å². The number of amides is 1. The van der Waals surface area contributed by atoms with E-state index in [1.165, 1.54) is 4.90 Å². The molecule has 2 N–H and O–H groups in total. The predicted octanol–water partition coefficient (Wildman–Crippen LogP) is 0.612. The van der Waals surface area contributed by atoms with Crippen molar-refractivity contribution in [2.24, 2.45) is 0 Å². The van der Waals surface area contributed by atoms with Crippen molar-refractivity contribution in [3.63, 3.8) is 0 Å². The monoisotopic (exact) mass is 287 g/mol. The summed E-state index contributed by atoms with van der Waals surface area (Å²) in [5.41, 5.74) is -0.295. The van der Waals surface area contributed by atoms with Gasteiger partial charge in [0.2, 0.25) is 0 Å². The number of carbonyl (C=O) groups is 2. The van der Waals surface area contributed by atoms with Crippen LogP contribution in [-0.2, 0) is 4.79 Å². The molecule has 21 heavy (non-hydrogen) atoms. The fourth-order valence-corrected chi connectivity index (χ4v) is 2.68.